The van der Waals surface area contributed by atoms with E-state index in [0.717, 1.165) is 25.8 Å². The number of nitrogens with zero attached hydrogens (tertiary/aromatic N) is 1. The molecule has 0 N–H and O–H groups in total. The van der Waals surface area contributed by atoms with Gasteiger partial charge in [-0.05, 0) is 86.7 Å². The Bertz CT molecular complexity index is 496. The van der Waals surface area contributed by atoms with Gasteiger partial charge in [0.15, 0.2) is 0 Å². The molecule has 0 aliphatic carbocycles. The Morgan fingerprint density at radius 2 is 2.14 bits per heavy atom. The van der Waals surface area contributed by atoms with Gasteiger partial charge in [-0.1, -0.05) is 12.1 Å². The van der Waals surface area contributed by atoms with Crippen LogP contribution in [0.25, 0.3) is 0 Å². The Morgan fingerprint density at radius 1 is 1.38 bits per heavy atom. The zero-order chi connectivity index (χ0) is 15.5. The predicted molar refractivity (Wildman–Crippen MR) is 93.4 cm³/mol. The second kappa shape index (κ2) is 6.99. The zero-order valence-electron chi connectivity index (χ0n) is 13.1. The minimum atomic E-state index is -0.429. The maximum absolute atomic E-state index is 12.4. The first-order chi connectivity index (χ1) is 9.85. The van der Waals surface area contributed by atoms with Crippen molar-refractivity contribution in [1.82, 2.24) is 4.90 Å². The highest BCUT2D eigenvalue weighted by Gasteiger charge is 2.30. The SMILES string of the molecule is CC(C)(C)OC(=O)N1CCCC[C@H]1Cc1cccc(I)c1. The van der Waals surface area contributed by atoms with Crippen molar-refractivity contribution in [1.29, 1.82) is 0 Å². The van der Waals surface area contributed by atoms with E-state index in [2.05, 4.69) is 46.9 Å². The summed E-state index contributed by atoms with van der Waals surface area (Å²) in [5, 5.41) is 0. The number of likely N-dealkylation sites (tertiary alicyclic amines) is 1. The first kappa shape index (κ1) is 16.6. The topological polar surface area (TPSA) is 29.5 Å². The highest BCUT2D eigenvalue weighted by Crippen LogP contribution is 2.23. The Labute approximate surface area is 141 Å². The second-order valence-electron chi connectivity index (χ2n) is 6.66. The van der Waals surface area contributed by atoms with E-state index < -0.39 is 5.60 Å². The van der Waals surface area contributed by atoms with Crippen molar-refractivity contribution in [3.05, 3.63) is 33.4 Å². The van der Waals surface area contributed by atoms with Gasteiger partial charge in [-0.3, -0.25) is 0 Å². The number of carbonyl (C=O) groups excluding carboxylic acids is 1. The molecule has 4 heteroatoms. The van der Waals surface area contributed by atoms with Gasteiger partial charge >= 0.3 is 6.09 Å². The zero-order valence-corrected chi connectivity index (χ0v) is 15.2. The summed E-state index contributed by atoms with van der Waals surface area (Å²) in [6, 6.07) is 8.77. The van der Waals surface area contributed by atoms with Gasteiger partial charge in [0.25, 0.3) is 0 Å². The van der Waals surface area contributed by atoms with E-state index in [-0.39, 0.29) is 12.1 Å². The molecule has 1 aromatic rings. The fourth-order valence-electron chi connectivity index (χ4n) is 2.71. The third-order valence-electron chi connectivity index (χ3n) is 3.62. The normalized spacial score (nSPS) is 19.4. The molecule has 1 amide bonds. The quantitative estimate of drug-likeness (QED) is 0.677. The van der Waals surface area contributed by atoms with Crippen LogP contribution in [0, 0.1) is 3.57 Å². The lowest BCUT2D eigenvalue weighted by atomic mass is 9.96. The number of hydrogen-bond donors (Lipinski definition) is 0. The third kappa shape index (κ3) is 5.16. The van der Waals surface area contributed by atoms with Crippen LogP contribution >= 0.6 is 22.6 Å². The first-order valence-electron chi connectivity index (χ1n) is 7.59. The van der Waals surface area contributed by atoms with Crippen molar-refractivity contribution in [2.75, 3.05) is 6.54 Å². The summed E-state index contributed by atoms with van der Waals surface area (Å²) in [6.07, 6.45) is 4.06. The van der Waals surface area contributed by atoms with Crippen LogP contribution in [0.1, 0.15) is 45.6 Å². The van der Waals surface area contributed by atoms with Crippen molar-refractivity contribution < 1.29 is 9.53 Å². The Kier molecular flexibility index (Phi) is 5.52. The van der Waals surface area contributed by atoms with Gasteiger partial charge < -0.3 is 9.64 Å². The van der Waals surface area contributed by atoms with E-state index in [4.69, 9.17) is 4.74 Å². The number of ether oxygens (including phenoxy) is 1. The number of piperidine rings is 1. The van der Waals surface area contributed by atoms with E-state index in [1.165, 1.54) is 15.6 Å². The van der Waals surface area contributed by atoms with E-state index in [0.29, 0.717) is 0 Å². The standard InChI is InChI=1S/C17H24INO2/c1-17(2,3)21-16(20)19-10-5-4-9-15(19)12-13-7-6-8-14(18)11-13/h6-8,11,15H,4-5,9-10,12H2,1-3H3/t15-/m0/s1. The largest absolute Gasteiger partial charge is 0.444 e. The molecule has 0 radical (unpaired) electrons. The molecule has 1 atom stereocenters. The van der Waals surface area contributed by atoms with Gasteiger partial charge in [-0.15, -0.1) is 0 Å². The lowest BCUT2D eigenvalue weighted by Gasteiger charge is -2.37. The van der Waals surface area contributed by atoms with Crippen molar-refractivity contribution in [3.8, 4) is 0 Å². The predicted octanol–water partition coefficient (Wildman–Crippen LogP) is 4.62. The minimum absolute atomic E-state index is 0.169. The van der Waals surface area contributed by atoms with Gasteiger partial charge in [0, 0.05) is 16.2 Å². The smallest absolute Gasteiger partial charge is 0.410 e. The maximum Gasteiger partial charge on any atom is 0.410 e. The highest BCUT2D eigenvalue weighted by molar-refractivity contribution is 14.1. The average molecular weight is 401 g/mol. The van der Waals surface area contributed by atoms with E-state index in [9.17, 15) is 4.79 Å². The summed E-state index contributed by atoms with van der Waals surface area (Å²) >= 11 is 2.33. The molecule has 2 rings (SSSR count). The molecule has 0 aromatic heterocycles. The van der Waals surface area contributed by atoms with Crippen LogP contribution in [0.3, 0.4) is 0 Å². The molecular formula is C17H24INO2. The van der Waals surface area contributed by atoms with Gasteiger partial charge in [0.1, 0.15) is 5.60 Å². The number of amides is 1. The fourth-order valence-corrected chi connectivity index (χ4v) is 3.32. The number of halogens is 1. The number of hydrogen-bond acceptors (Lipinski definition) is 2. The summed E-state index contributed by atoms with van der Waals surface area (Å²) < 4.78 is 6.79. The first-order valence-corrected chi connectivity index (χ1v) is 8.67. The Hall–Kier alpha value is -0.780. The Morgan fingerprint density at radius 3 is 2.81 bits per heavy atom. The molecule has 0 unspecified atom stereocenters. The van der Waals surface area contributed by atoms with Crippen molar-refractivity contribution in [3.63, 3.8) is 0 Å². The summed E-state index contributed by atoms with van der Waals surface area (Å²) in [4.78, 5) is 14.3. The summed E-state index contributed by atoms with van der Waals surface area (Å²) in [7, 11) is 0. The van der Waals surface area contributed by atoms with Crippen LogP contribution in [0.5, 0.6) is 0 Å². The fraction of sp³-hybridized carbons (Fsp3) is 0.588. The number of rotatable bonds is 2. The molecule has 116 valence electrons. The van der Waals surface area contributed by atoms with Crippen molar-refractivity contribution in [2.24, 2.45) is 0 Å². The number of carbonyl (C=O) groups is 1. The molecule has 21 heavy (non-hydrogen) atoms. The van der Waals surface area contributed by atoms with Crippen LogP contribution < -0.4 is 0 Å². The van der Waals surface area contributed by atoms with Crippen molar-refractivity contribution in [2.45, 2.75) is 58.1 Å². The van der Waals surface area contributed by atoms with Gasteiger partial charge in [0.05, 0.1) is 0 Å². The minimum Gasteiger partial charge on any atom is -0.444 e. The van der Waals surface area contributed by atoms with E-state index in [1.807, 2.05) is 25.7 Å². The Balaban J connectivity index is 2.06. The van der Waals surface area contributed by atoms with Gasteiger partial charge in [0.2, 0.25) is 0 Å². The number of benzene rings is 1. The molecule has 1 heterocycles. The van der Waals surface area contributed by atoms with Crippen LogP contribution in [0.2, 0.25) is 0 Å². The van der Waals surface area contributed by atoms with Crippen LogP contribution in [-0.2, 0) is 11.2 Å². The lowest BCUT2D eigenvalue weighted by Crippen LogP contribution is -2.47. The van der Waals surface area contributed by atoms with Crippen molar-refractivity contribution >= 4 is 28.7 Å². The molecule has 3 nitrogen and oxygen atoms in total. The molecule has 0 bridgehead atoms. The van der Waals surface area contributed by atoms with Gasteiger partial charge in [-0.25, -0.2) is 4.79 Å². The third-order valence-corrected chi connectivity index (χ3v) is 4.29. The van der Waals surface area contributed by atoms with Crippen LogP contribution in [0.4, 0.5) is 4.79 Å². The molecule has 1 aliphatic heterocycles. The monoisotopic (exact) mass is 401 g/mol. The molecule has 1 aromatic carbocycles. The molecule has 1 saturated heterocycles. The summed E-state index contributed by atoms with van der Waals surface area (Å²) in [5.74, 6) is 0. The molecule has 0 spiro atoms. The van der Waals surface area contributed by atoms with Crippen LogP contribution in [0.15, 0.2) is 24.3 Å². The van der Waals surface area contributed by atoms with E-state index >= 15 is 0 Å². The molecule has 1 fully saturated rings. The average Bonchev–Trinajstić information content (AvgIpc) is 2.37. The molecule has 0 saturated carbocycles. The maximum atomic E-state index is 12.4. The summed E-state index contributed by atoms with van der Waals surface area (Å²) in [5.41, 5.74) is 0.864. The van der Waals surface area contributed by atoms with Crippen LogP contribution in [-0.4, -0.2) is 29.2 Å². The summed E-state index contributed by atoms with van der Waals surface area (Å²) in [6.45, 7) is 6.57. The van der Waals surface area contributed by atoms with Gasteiger partial charge in [-0.2, -0.15) is 0 Å². The lowest BCUT2D eigenvalue weighted by molar-refractivity contribution is 0.00995. The van der Waals surface area contributed by atoms with E-state index in [1.54, 1.807) is 0 Å². The second-order valence-corrected chi connectivity index (χ2v) is 7.90. The highest BCUT2D eigenvalue weighted by atomic mass is 127. The molecular weight excluding hydrogens is 377 g/mol. The molecule has 1 aliphatic rings.